The highest BCUT2D eigenvalue weighted by Gasteiger charge is 2.55. The second-order valence-electron chi connectivity index (χ2n) is 10.8. The minimum absolute atomic E-state index is 0.0352. The van der Waals surface area contributed by atoms with Crippen LogP contribution in [0, 0.1) is 5.92 Å². The van der Waals surface area contributed by atoms with E-state index < -0.39 is 52.0 Å². The molecule has 4 N–H and O–H groups in total. The maximum absolute atomic E-state index is 13.7. The smallest absolute Gasteiger partial charge is 0.489 e. The Bertz CT molecular complexity index is 1420. The van der Waals surface area contributed by atoms with E-state index in [0.717, 1.165) is 12.5 Å². The lowest BCUT2D eigenvalue weighted by Crippen LogP contribution is -2.62. The van der Waals surface area contributed by atoms with E-state index in [0.29, 0.717) is 21.4 Å². The molecule has 0 radical (unpaired) electrons. The van der Waals surface area contributed by atoms with Crippen molar-refractivity contribution in [3.8, 4) is 5.75 Å². The molecule has 2 aliphatic heterocycles. The van der Waals surface area contributed by atoms with Crippen LogP contribution in [-0.4, -0.2) is 70.3 Å². The van der Waals surface area contributed by atoms with E-state index in [-0.39, 0.29) is 45.5 Å². The fraction of sp³-hybridized carbons (Fsp3) is 0.429. The Labute approximate surface area is 260 Å². The first-order valence-electron chi connectivity index (χ1n) is 13.5. The second-order valence-corrected chi connectivity index (χ2v) is 11.7. The van der Waals surface area contributed by atoms with Gasteiger partial charge in [-0.05, 0) is 53.8 Å². The minimum atomic E-state index is -5.31. The third kappa shape index (κ3) is 6.94. The lowest BCUT2D eigenvalue weighted by atomic mass is 9.86. The van der Waals surface area contributed by atoms with Gasteiger partial charge in [0.05, 0.1) is 6.92 Å². The van der Waals surface area contributed by atoms with Gasteiger partial charge in [-0.2, -0.15) is 13.2 Å². The summed E-state index contributed by atoms with van der Waals surface area (Å²) in [5, 5.41) is 10.4. The van der Waals surface area contributed by atoms with Crippen LogP contribution in [0.15, 0.2) is 42.5 Å². The quantitative estimate of drug-likeness (QED) is 0.232. The third-order valence-electron chi connectivity index (χ3n) is 8.03. The molecule has 238 valence electrons. The number of nitrogens with one attached hydrogen (secondary N) is 1. The summed E-state index contributed by atoms with van der Waals surface area (Å²) in [6.07, 6.45) is -5.34. The number of piperidine rings is 1. The number of likely N-dealkylation sites (tertiary alicyclic amines) is 2. The predicted molar refractivity (Wildman–Crippen MR) is 149 cm³/mol. The fourth-order valence-corrected chi connectivity index (χ4v) is 6.25. The zero-order chi connectivity index (χ0) is 32.4. The SMILES string of the molecule is CC(=O)[N+]1(OC(=O)C(F)(F)F)CCC(C(C(=O)NO)N2CCC(N)(c3ccc(OCc4cc(Cl)cc(Cl)c4)cc3)C2=O)CC1. The van der Waals surface area contributed by atoms with Crippen molar-refractivity contribution in [2.24, 2.45) is 11.7 Å². The van der Waals surface area contributed by atoms with E-state index in [1.54, 1.807) is 47.9 Å². The molecule has 16 heteroatoms. The number of rotatable bonds is 7. The Kier molecular flexibility index (Phi) is 9.81. The van der Waals surface area contributed by atoms with Crippen molar-refractivity contribution < 1.29 is 51.8 Å². The van der Waals surface area contributed by atoms with Crippen molar-refractivity contribution >= 4 is 46.9 Å². The van der Waals surface area contributed by atoms with Crippen LogP contribution in [0.3, 0.4) is 0 Å². The van der Waals surface area contributed by atoms with Gasteiger partial charge < -0.3 is 15.4 Å². The normalized spacial score (nSPS) is 24.5. The van der Waals surface area contributed by atoms with Crippen LogP contribution < -0.4 is 16.0 Å². The van der Waals surface area contributed by atoms with Crippen LogP contribution in [0.2, 0.25) is 10.0 Å². The lowest BCUT2D eigenvalue weighted by Gasteiger charge is -2.41. The summed E-state index contributed by atoms with van der Waals surface area (Å²) in [6, 6.07) is 10.3. The van der Waals surface area contributed by atoms with E-state index in [9.17, 15) is 37.6 Å². The monoisotopic (exact) mass is 661 g/mol. The van der Waals surface area contributed by atoms with Crippen LogP contribution in [0.1, 0.15) is 37.3 Å². The van der Waals surface area contributed by atoms with Crippen LogP contribution in [0.5, 0.6) is 5.75 Å². The topological polar surface area (TPSA) is 148 Å². The first-order chi connectivity index (χ1) is 20.6. The number of alkyl halides is 3. The summed E-state index contributed by atoms with van der Waals surface area (Å²) >= 11 is 12.1. The third-order valence-corrected chi connectivity index (χ3v) is 8.47. The van der Waals surface area contributed by atoms with Gasteiger partial charge in [-0.3, -0.25) is 19.6 Å². The first-order valence-corrected chi connectivity index (χ1v) is 14.3. The molecule has 2 unspecified atom stereocenters. The molecule has 2 atom stereocenters. The molecule has 2 saturated heterocycles. The van der Waals surface area contributed by atoms with Crippen LogP contribution in [0.4, 0.5) is 13.2 Å². The Balaban J connectivity index is 1.47. The highest BCUT2D eigenvalue weighted by atomic mass is 35.5. The summed E-state index contributed by atoms with van der Waals surface area (Å²) < 4.78 is 43.2. The van der Waals surface area contributed by atoms with Crippen LogP contribution in [0.25, 0.3) is 0 Å². The van der Waals surface area contributed by atoms with Gasteiger partial charge in [0, 0.05) is 29.4 Å². The molecule has 0 aromatic heterocycles. The number of hydrogen-bond acceptors (Lipinski definition) is 8. The summed E-state index contributed by atoms with van der Waals surface area (Å²) in [6.45, 7) is 0.481. The van der Waals surface area contributed by atoms with Gasteiger partial charge in [0.2, 0.25) is 5.91 Å². The summed E-state index contributed by atoms with van der Waals surface area (Å²) in [4.78, 5) is 56.1. The second kappa shape index (κ2) is 12.9. The molecule has 2 aliphatic rings. The molecule has 0 aliphatic carbocycles. The Morgan fingerprint density at radius 1 is 1.14 bits per heavy atom. The Morgan fingerprint density at radius 2 is 1.73 bits per heavy atom. The molecule has 11 nitrogen and oxygen atoms in total. The largest absolute Gasteiger partial charge is 0.497 e. The zero-order valence-electron chi connectivity index (χ0n) is 23.4. The number of nitrogens with two attached hydrogens (primary N) is 1. The number of ether oxygens (including phenoxy) is 1. The van der Waals surface area contributed by atoms with Gasteiger partial charge in [-0.15, -0.1) is 0 Å². The van der Waals surface area contributed by atoms with Crippen molar-refractivity contribution in [2.45, 2.75) is 50.6 Å². The van der Waals surface area contributed by atoms with E-state index in [1.807, 2.05) is 0 Å². The average molecular weight is 662 g/mol. The molecule has 2 aromatic carbocycles. The zero-order valence-corrected chi connectivity index (χ0v) is 24.9. The number of halogens is 5. The summed E-state index contributed by atoms with van der Waals surface area (Å²) in [5.41, 5.74) is 7.80. The number of hydrogen-bond donors (Lipinski definition) is 3. The molecule has 2 fully saturated rings. The van der Waals surface area contributed by atoms with Crippen LogP contribution >= 0.6 is 23.2 Å². The number of nitrogens with zero attached hydrogens (tertiary/aromatic N) is 2. The van der Waals surface area contributed by atoms with E-state index in [4.69, 9.17) is 33.7 Å². The molecule has 0 bridgehead atoms. The predicted octanol–water partition coefficient (Wildman–Crippen LogP) is 3.63. The standard InChI is InChI=1S/C28H29Cl2F3N4O7/c1-16(38)37(44-26(41)28(31,32)33)10-6-18(7-11-37)23(24(39)35-42)36-9-8-27(34,25(36)40)19-2-4-22(5-3-19)43-15-17-12-20(29)14-21(30)13-17/h2-5,12-14,18,23H,6-11,15,34H2,1H3,(H-,35,39,42)/p+1. The fourth-order valence-electron chi connectivity index (χ4n) is 5.68. The molecular formula is C28H30Cl2F3N4O7+. The van der Waals surface area contributed by atoms with Gasteiger partial charge >= 0.3 is 18.1 Å². The molecular weight excluding hydrogens is 632 g/mol. The summed E-state index contributed by atoms with van der Waals surface area (Å²) in [5.74, 6) is -5.08. The average Bonchev–Trinajstić information content (AvgIpc) is 3.26. The Morgan fingerprint density at radius 3 is 2.25 bits per heavy atom. The van der Waals surface area contributed by atoms with Crippen molar-refractivity contribution in [3.05, 3.63) is 63.6 Å². The Hall–Kier alpha value is -3.43. The van der Waals surface area contributed by atoms with Gasteiger partial charge in [-0.1, -0.05) is 40.0 Å². The van der Waals surface area contributed by atoms with Crippen molar-refractivity contribution in [1.82, 2.24) is 10.4 Å². The van der Waals surface area contributed by atoms with E-state index >= 15 is 0 Å². The maximum atomic E-state index is 13.7. The number of hydroxylamine groups is 4. The van der Waals surface area contributed by atoms with E-state index in [2.05, 4.69) is 4.84 Å². The number of amides is 3. The molecule has 44 heavy (non-hydrogen) atoms. The van der Waals surface area contributed by atoms with Gasteiger partial charge in [0.1, 0.15) is 37.0 Å². The molecule has 4 rings (SSSR count). The summed E-state index contributed by atoms with van der Waals surface area (Å²) in [7, 11) is 0. The van der Waals surface area contributed by atoms with Gasteiger partial charge in [0.15, 0.2) is 0 Å². The molecule has 3 amide bonds. The number of benzene rings is 2. The first kappa shape index (κ1) is 33.5. The highest BCUT2D eigenvalue weighted by molar-refractivity contribution is 6.34. The molecule has 2 aromatic rings. The maximum Gasteiger partial charge on any atom is 0.497 e. The molecule has 2 heterocycles. The number of quaternary nitrogens is 1. The number of carbonyl (C=O) groups is 4. The van der Waals surface area contributed by atoms with Gasteiger partial charge in [-0.25, -0.2) is 15.1 Å². The lowest BCUT2D eigenvalue weighted by molar-refractivity contribution is -1.03. The highest BCUT2D eigenvalue weighted by Crippen LogP contribution is 2.38. The van der Waals surface area contributed by atoms with Crippen molar-refractivity contribution in [3.63, 3.8) is 0 Å². The van der Waals surface area contributed by atoms with Crippen molar-refractivity contribution in [2.75, 3.05) is 19.6 Å². The molecule has 0 saturated carbocycles. The van der Waals surface area contributed by atoms with E-state index in [1.165, 1.54) is 4.90 Å². The van der Waals surface area contributed by atoms with Crippen molar-refractivity contribution in [1.29, 1.82) is 0 Å². The minimum Gasteiger partial charge on any atom is -0.489 e. The van der Waals surface area contributed by atoms with Crippen LogP contribution in [-0.2, 0) is 36.2 Å². The number of carbonyl (C=O) groups excluding carboxylic acids is 4. The molecule has 0 spiro atoms. The van der Waals surface area contributed by atoms with Gasteiger partial charge in [0.25, 0.3) is 5.91 Å².